The van der Waals surface area contributed by atoms with Crippen LogP contribution < -0.4 is 11.1 Å². The molecule has 0 radical (unpaired) electrons. The van der Waals surface area contributed by atoms with E-state index in [0.29, 0.717) is 19.4 Å². The van der Waals surface area contributed by atoms with Gasteiger partial charge in [-0.05, 0) is 61.3 Å². The largest absolute Gasteiger partial charge is 0.399 e. The smallest absolute Gasteiger partial charge is 0.220 e. The quantitative estimate of drug-likeness (QED) is 0.727. The van der Waals surface area contributed by atoms with Gasteiger partial charge < -0.3 is 11.1 Å². The highest BCUT2D eigenvalue weighted by Crippen LogP contribution is 2.29. The van der Waals surface area contributed by atoms with E-state index in [-0.39, 0.29) is 11.9 Å². The highest BCUT2D eigenvalue weighted by atomic mass is 32.1. The molecule has 1 aliphatic rings. The summed E-state index contributed by atoms with van der Waals surface area (Å²) in [6, 6.07) is 12.3. The summed E-state index contributed by atoms with van der Waals surface area (Å²) in [6.07, 6.45) is 3.64. The fraction of sp³-hybridized carbons (Fsp3) is 0.476. The number of hydrogen-bond donors (Lipinski definition) is 2. The number of nitrogens with one attached hydrogen (secondary N) is 1. The fourth-order valence-corrected chi connectivity index (χ4v) is 4.40. The first-order valence-corrected chi connectivity index (χ1v) is 10.4. The average molecular weight is 372 g/mol. The summed E-state index contributed by atoms with van der Waals surface area (Å²) in [5.74, 6) is 0.904. The molecule has 0 bridgehead atoms. The minimum Gasteiger partial charge on any atom is -0.399 e. The summed E-state index contributed by atoms with van der Waals surface area (Å²) < 4.78 is 0. The lowest BCUT2D eigenvalue weighted by atomic mass is 9.97. The number of thiophene rings is 1. The molecule has 4 nitrogen and oxygen atoms in total. The number of carbonyl (C=O) groups is 1. The monoisotopic (exact) mass is 371 g/mol. The van der Waals surface area contributed by atoms with Crippen LogP contribution in [0.4, 0.5) is 5.69 Å². The van der Waals surface area contributed by atoms with Crippen molar-refractivity contribution in [3.63, 3.8) is 0 Å². The van der Waals surface area contributed by atoms with Crippen molar-refractivity contribution in [2.24, 2.45) is 5.92 Å². The maximum absolute atomic E-state index is 12.4. The molecular weight excluding hydrogens is 342 g/mol. The summed E-state index contributed by atoms with van der Waals surface area (Å²) in [5.41, 5.74) is 7.77. The average Bonchev–Trinajstić information content (AvgIpc) is 3.17. The van der Waals surface area contributed by atoms with Gasteiger partial charge in [-0.1, -0.05) is 31.2 Å². The molecule has 1 atom stereocenters. The number of rotatable bonds is 7. The Kier molecular flexibility index (Phi) is 6.69. The molecule has 0 saturated carbocycles. The fourth-order valence-electron chi connectivity index (χ4n) is 3.54. The van der Waals surface area contributed by atoms with Crippen molar-refractivity contribution < 1.29 is 4.79 Å². The maximum atomic E-state index is 12.4. The van der Waals surface area contributed by atoms with Crippen molar-refractivity contribution in [1.29, 1.82) is 0 Å². The van der Waals surface area contributed by atoms with Crippen molar-refractivity contribution in [2.75, 3.05) is 25.4 Å². The van der Waals surface area contributed by atoms with Crippen molar-refractivity contribution in [1.82, 2.24) is 10.2 Å². The van der Waals surface area contributed by atoms with Gasteiger partial charge in [0.2, 0.25) is 5.91 Å². The van der Waals surface area contributed by atoms with Crippen LogP contribution in [0, 0.1) is 5.92 Å². The number of carbonyl (C=O) groups excluding carboxylic acids is 1. The zero-order valence-electron chi connectivity index (χ0n) is 15.5. The molecular formula is C21H29N3OS. The zero-order valence-corrected chi connectivity index (χ0v) is 16.3. The Bertz CT molecular complexity index is 693. The van der Waals surface area contributed by atoms with Gasteiger partial charge in [0.05, 0.1) is 6.04 Å². The van der Waals surface area contributed by atoms with Gasteiger partial charge in [0, 0.05) is 23.5 Å². The molecule has 0 spiro atoms. The molecule has 2 heterocycles. The van der Waals surface area contributed by atoms with Gasteiger partial charge in [-0.25, -0.2) is 0 Å². The Morgan fingerprint density at radius 1 is 1.27 bits per heavy atom. The number of anilines is 1. The lowest BCUT2D eigenvalue weighted by molar-refractivity contribution is -0.121. The molecule has 1 aromatic carbocycles. The van der Waals surface area contributed by atoms with Crippen molar-refractivity contribution in [3.05, 3.63) is 52.2 Å². The zero-order chi connectivity index (χ0) is 18.4. The number of nitrogens with two attached hydrogens (primary N) is 1. The second-order valence-electron chi connectivity index (χ2n) is 7.25. The molecule has 1 fully saturated rings. The molecule has 140 valence electrons. The number of piperidine rings is 1. The van der Waals surface area contributed by atoms with Gasteiger partial charge in [-0.3, -0.25) is 9.69 Å². The van der Waals surface area contributed by atoms with Crippen LogP contribution in [0.3, 0.4) is 0 Å². The molecule has 3 N–H and O–H groups in total. The molecule has 3 rings (SSSR count). The van der Waals surface area contributed by atoms with E-state index >= 15 is 0 Å². The minimum absolute atomic E-state index is 0.0974. The molecule has 1 unspecified atom stereocenters. The topological polar surface area (TPSA) is 58.4 Å². The summed E-state index contributed by atoms with van der Waals surface area (Å²) in [7, 11) is 0. The molecule has 0 aliphatic carbocycles. The lowest BCUT2D eigenvalue weighted by Crippen LogP contribution is -2.41. The number of hydrogen-bond acceptors (Lipinski definition) is 4. The van der Waals surface area contributed by atoms with Gasteiger partial charge in [0.1, 0.15) is 0 Å². The van der Waals surface area contributed by atoms with Gasteiger partial charge in [-0.15, -0.1) is 11.3 Å². The summed E-state index contributed by atoms with van der Waals surface area (Å²) >= 11 is 1.78. The van der Waals surface area contributed by atoms with Crippen molar-refractivity contribution >= 4 is 22.9 Å². The second kappa shape index (κ2) is 9.19. The molecule has 1 aromatic heterocycles. The van der Waals surface area contributed by atoms with Crippen molar-refractivity contribution in [3.8, 4) is 0 Å². The van der Waals surface area contributed by atoms with Crippen LogP contribution in [0.15, 0.2) is 41.8 Å². The normalized spacial score (nSPS) is 17.1. The molecule has 1 aliphatic heterocycles. The highest BCUT2D eigenvalue weighted by molar-refractivity contribution is 7.10. The van der Waals surface area contributed by atoms with Crippen LogP contribution in [-0.2, 0) is 11.2 Å². The summed E-state index contributed by atoms with van der Waals surface area (Å²) in [4.78, 5) is 16.2. The summed E-state index contributed by atoms with van der Waals surface area (Å²) in [6.45, 7) is 5.23. The predicted octanol–water partition coefficient (Wildman–Crippen LogP) is 3.85. The molecule has 2 aromatic rings. The van der Waals surface area contributed by atoms with Gasteiger partial charge in [-0.2, -0.15) is 0 Å². The Labute approximate surface area is 160 Å². The van der Waals surface area contributed by atoms with Gasteiger partial charge in [0.15, 0.2) is 0 Å². The lowest BCUT2D eigenvalue weighted by Gasteiger charge is -2.36. The van der Waals surface area contributed by atoms with E-state index in [2.05, 4.69) is 34.7 Å². The standard InChI is InChI=1S/C21H29N3OS/c1-16-10-12-24(13-11-16)19(20-7-4-14-26-20)15-23-21(25)9-8-17-5-2-3-6-18(17)22/h2-7,14,16,19H,8-13,15,22H2,1H3,(H,23,25). The highest BCUT2D eigenvalue weighted by Gasteiger charge is 2.25. The van der Waals surface area contributed by atoms with Crippen LogP contribution in [0.5, 0.6) is 0 Å². The van der Waals surface area contributed by atoms with Crippen LogP contribution in [0.2, 0.25) is 0 Å². The van der Waals surface area contributed by atoms with E-state index in [1.807, 2.05) is 24.3 Å². The Hall–Kier alpha value is -1.85. The molecule has 5 heteroatoms. The van der Waals surface area contributed by atoms with Gasteiger partial charge in [0.25, 0.3) is 0 Å². The number of amides is 1. The number of nitrogen functional groups attached to an aromatic ring is 1. The van der Waals surface area contributed by atoms with E-state index in [9.17, 15) is 4.79 Å². The summed E-state index contributed by atoms with van der Waals surface area (Å²) in [5, 5.41) is 5.27. The number of benzene rings is 1. The van der Waals surface area contributed by atoms with E-state index in [4.69, 9.17) is 5.73 Å². The third-order valence-electron chi connectivity index (χ3n) is 5.30. The Morgan fingerprint density at radius 3 is 2.73 bits per heavy atom. The number of likely N-dealkylation sites (tertiary alicyclic amines) is 1. The second-order valence-corrected chi connectivity index (χ2v) is 8.23. The number of para-hydroxylation sites is 1. The SMILES string of the molecule is CC1CCN(C(CNC(=O)CCc2ccccc2N)c2cccs2)CC1. The minimum atomic E-state index is 0.0974. The predicted molar refractivity (Wildman–Crippen MR) is 109 cm³/mol. The molecule has 26 heavy (non-hydrogen) atoms. The van der Waals surface area contributed by atoms with Crippen LogP contribution in [-0.4, -0.2) is 30.4 Å². The van der Waals surface area contributed by atoms with Crippen LogP contribution >= 0.6 is 11.3 Å². The number of aryl methyl sites for hydroxylation is 1. The van der Waals surface area contributed by atoms with E-state index in [0.717, 1.165) is 30.3 Å². The van der Waals surface area contributed by atoms with E-state index in [1.54, 1.807) is 11.3 Å². The first-order chi connectivity index (χ1) is 12.6. The van der Waals surface area contributed by atoms with Crippen LogP contribution in [0.25, 0.3) is 0 Å². The van der Waals surface area contributed by atoms with Crippen molar-refractivity contribution in [2.45, 2.75) is 38.6 Å². The first kappa shape index (κ1) is 18.9. The number of nitrogens with zero attached hydrogens (tertiary/aromatic N) is 1. The Balaban J connectivity index is 1.54. The molecule has 1 saturated heterocycles. The van der Waals surface area contributed by atoms with E-state index < -0.39 is 0 Å². The van der Waals surface area contributed by atoms with Crippen LogP contribution in [0.1, 0.15) is 42.7 Å². The third-order valence-corrected chi connectivity index (χ3v) is 6.27. The third kappa shape index (κ3) is 5.08. The maximum Gasteiger partial charge on any atom is 0.220 e. The van der Waals surface area contributed by atoms with E-state index in [1.165, 1.54) is 17.7 Å². The Morgan fingerprint density at radius 2 is 2.04 bits per heavy atom. The van der Waals surface area contributed by atoms with Gasteiger partial charge >= 0.3 is 0 Å². The molecule has 1 amide bonds. The first-order valence-electron chi connectivity index (χ1n) is 9.51.